The molecule has 0 saturated carbocycles. The highest BCUT2D eigenvalue weighted by atomic mass is 16.5. The first-order valence-corrected chi connectivity index (χ1v) is 6.39. The predicted molar refractivity (Wildman–Crippen MR) is 67.1 cm³/mol. The van der Waals surface area contributed by atoms with Crippen molar-refractivity contribution in [3.8, 4) is 0 Å². The Kier molecular flexibility index (Phi) is 7.39. The summed E-state index contributed by atoms with van der Waals surface area (Å²) in [6.07, 6.45) is 3.79. The van der Waals surface area contributed by atoms with Crippen molar-refractivity contribution in [2.45, 2.75) is 53.4 Å². The fourth-order valence-electron chi connectivity index (χ4n) is 1.89. The second kappa shape index (κ2) is 7.66. The first-order chi connectivity index (χ1) is 7.52. The lowest BCUT2D eigenvalue weighted by Gasteiger charge is -2.29. The molecule has 0 rings (SSSR count). The lowest BCUT2D eigenvalue weighted by molar-refractivity contribution is -0.155. The van der Waals surface area contributed by atoms with Crippen LogP contribution in [0.3, 0.4) is 0 Å². The molecule has 0 aromatic rings. The number of esters is 1. The smallest absolute Gasteiger partial charge is 0.313 e. The standard InChI is InChI=1S/C13H27NO2/c1-5-13(10-14,12(15)16-6-2)9-7-8-11(3)4/h11H,5-10,14H2,1-4H3. The monoisotopic (exact) mass is 229 g/mol. The number of rotatable bonds is 8. The topological polar surface area (TPSA) is 52.3 Å². The van der Waals surface area contributed by atoms with Crippen molar-refractivity contribution in [3.63, 3.8) is 0 Å². The van der Waals surface area contributed by atoms with Gasteiger partial charge in [0.15, 0.2) is 0 Å². The van der Waals surface area contributed by atoms with Crippen LogP contribution >= 0.6 is 0 Å². The molecule has 1 unspecified atom stereocenters. The molecule has 3 heteroatoms. The summed E-state index contributed by atoms with van der Waals surface area (Å²) in [5, 5.41) is 0. The molecule has 0 heterocycles. The summed E-state index contributed by atoms with van der Waals surface area (Å²) in [6.45, 7) is 9.06. The van der Waals surface area contributed by atoms with Gasteiger partial charge in [-0.15, -0.1) is 0 Å². The Bertz CT molecular complexity index is 198. The molecule has 0 fully saturated rings. The van der Waals surface area contributed by atoms with Crippen molar-refractivity contribution in [1.29, 1.82) is 0 Å². The van der Waals surface area contributed by atoms with Gasteiger partial charge in [-0.05, 0) is 25.7 Å². The third-order valence-electron chi connectivity index (χ3n) is 3.21. The Hall–Kier alpha value is -0.570. The molecule has 1 atom stereocenters. The number of nitrogens with two attached hydrogens (primary N) is 1. The molecule has 0 aliphatic rings. The SMILES string of the molecule is CCOC(=O)C(CC)(CN)CCCC(C)C. The third-order valence-corrected chi connectivity index (χ3v) is 3.21. The molecule has 96 valence electrons. The molecule has 2 N–H and O–H groups in total. The molecule has 0 saturated heterocycles. The van der Waals surface area contributed by atoms with E-state index in [0.29, 0.717) is 19.1 Å². The molecule has 0 radical (unpaired) electrons. The minimum absolute atomic E-state index is 0.122. The number of ether oxygens (including phenoxy) is 1. The molecule has 0 aliphatic heterocycles. The van der Waals surface area contributed by atoms with Crippen molar-refractivity contribution in [1.82, 2.24) is 0 Å². The third kappa shape index (κ3) is 4.52. The van der Waals surface area contributed by atoms with E-state index in [1.807, 2.05) is 13.8 Å². The van der Waals surface area contributed by atoms with Crippen LogP contribution in [0.15, 0.2) is 0 Å². The van der Waals surface area contributed by atoms with Crippen LogP contribution in [-0.4, -0.2) is 19.1 Å². The van der Waals surface area contributed by atoms with Gasteiger partial charge in [0.05, 0.1) is 12.0 Å². The van der Waals surface area contributed by atoms with Gasteiger partial charge in [-0.25, -0.2) is 0 Å². The molecule has 0 aromatic carbocycles. The van der Waals surface area contributed by atoms with Crippen molar-refractivity contribution in [2.24, 2.45) is 17.1 Å². The molecule has 0 aromatic heterocycles. The first-order valence-electron chi connectivity index (χ1n) is 6.39. The van der Waals surface area contributed by atoms with E-state index in [1.54, 1.807) is 0 Å². The Balaban J connectivity index is 4.37. The van der Waals surface area contributed by atoms with E-state index in [-0.39, 0.29) is 5.97 Å². The zero-order chi connectivity index (χ0) is 12.6. The summed E-state index contributed by atoms with van der Waals surface area (Å²) in [5.41, 5.74) is 5.31. The Labute approximate surface area is 99.7 Å². The summed E-state index contributed by atoms with van der Waals surface area (Å²) in [4.78, 5) is 11.9. The molecule has 0 aliphatic carbocycles. The van der Waals surface area contributed by atoms with E-state index in [9.17, 15) is 4.79 Å². The van der Waals surface area contributed by atoms with Gasteiger partial charge in [-0.2, -0.15) is 0 Å². The van der Waals surface area contributed by atoms with Crippen LogP contribution in [0.4, 0.5) is 0 Å². The normalized spacial score (nSPS) is 14.9. The van der Waals surface area contributed by atoms with Crippen LogP contribution < -0.4 is 5.73 Å². The van der Waals surface area contributed by atoms with E-state index in [1.165, 1.54) is 0 Å². The van der Waals surface area contributed by atoms with Crippen LogP contribution in [0.25, 0.3) is 0 Å². The van der Waals surface area contributed by atoms with Crippen LogP contribution in [-0.2, 0) is 9.53 Å². The molecule has 16 heavy (non-hydrogen) atoms. The Morgan fingerprint density at radius 3 is 2.38 bits per heavy atom. The summed E-state index contributed by atoms with van der Waals surface area (Å²) in [5.74, 6) is 0.554. The highest BCUT2D eigenvalue weighted by Gasteiger charge is 2.36. The van der Waals surface area contributed by atoms with Crippen molar-refractivity contribution in [2.75, 3.05) is 13.2 Å². The summed E-state index contributed by atoms with van der Waals surface area (Å²) < 4.78 is 5.13. The fourth-order valence-corrected chi connectivity index (χ4v) is 1.89. The Morgan fingerprint density at radius 1 is 1.38 bits per heavy atom. The lowest BCUT2D eigenvalue weighted by Crippen LogP contribution is -2.39. The van der Waals surface area contributed by atoms with E-state index in [2.05, 4.69) is 13.8 Å². The maximum atomic E-state index is 11.9. The number of carbonyl (C=O) groups excluding carboxylic acids is 1. The molecule has 3 nitrogen and oxygen atoms in total. The molecule has 0 amide bonds. The number of hydrogen-bond acceptors (Lipinski definition) is 3. The molecule has 0 bridgehead atoms. The van der Waals surface area contributed by atoms with Gasteiger partial charge in [0.2, 0.25) is 0 Å². The second-order valence-corrected chi connectivity index (χ2v) is 4.84. The van der Waals surface area contributed by atoms with Gasteiger partial charge >= 0.3 is 5.97 Å². The fraction of sp³-hybridized carbons (Fsp3) is 0.923. The highest BCUT2D eigenvalue weighted by molar-refractivity contribution is 5.77. The van der Waals surface area contributed by atoms with E-state index in [0.717, 1.165) is 25.7 Å². The Morgan fingerprint density at radius 2 is 2.00 bits per heavy atom. The quantitative estimate of drug-likeness (QED) is 0.651. The number of carbonyl (C=O) groups is 1. The maximum absolute atomic E-state index is 11.9. The van der Waals surface area contributed by atoms with Gasteiger partial charge < -0.3 is 10.5 Å². The lowest BCUT2D eigenvalue weighted by atomic mass is 9.79. The highest BCUT2D eigenvalue weighted by Crippen LogP contribution is 2.30. The maximum Gasteiger partial charge on any atom is 0.313 e. The van der Waals surface area contributed by atoms with Crippen molar-refractivity contribution >= 4 is 5.97 Å². The largest absolute Gasteiger partial charge is 0.466 e. The zero-order valence-corrected chi connectivity index (χ0v) is 11.2. The molecular formula is C13H27NO2. The van der Waals surface area contributed by atoms with E-state index >= 15 is 0 Å². The van der Waals surface area contributed by atoms with Crippen molar-refractivity contribution in [3.05, 3.63) is 0 Å². The number of hydrogen-bond donors (Lipinski definition) is 1. The van der Waals surface area contributed by atoms with Crippen molar-refractivity contribution < 1.29 is 9.53 Å². The van der Waals surface area contributed by atoms with Crippen LogP contribution in [0.5, 0.6) is 0 Å². The molecule has 0 spiro atoms. The van der Waals surface area contributed by atoms with Gasteiger partial charge in [-0.1, -0.05) is 33.6 Å². The van der Waals surface area contributed by atoms with Gasteiger partial charge in [0.1, 0.15) is 0 Å². The minimum Gasteiger partial charge on any atom is -0.466 e. The summed E-state index contributed by atoms with van der Waals surface area (Å²) in [6, 6.07) is 0. The summed E-state index contributed by atoms with van der Waals surface area (Å²) in [7, 11) is 0. The van der Waals surface area contributed by atoms with E-state index in [4.69, 9.17) is 10.5 Å². The van der Waals surface area contributed by atoms with Crippen LogP contribution in [0.1, 0.15) is 53.4 Å². The van der Waals surface area contributed by atoms with E-state index < -0.39 is 5.41 Å². The van der Waals surface area contributed by atoms with Gasteiger partial charge in [0.25, 0.3) is 0 Å². The predicted octanol–water partition coefficient (Wildman–Crippen LogP) is 2.73. The molecular weight excluding hydrogens is 202 g/mol. The van der Waals surface area contributed by atoms with Crippen LogP contribution in [0, 0.1) is 11.3 Å². The second-order valence-electron chi connectivity index (χ2n) is 4.84. The average Bonchev–Trinajstić information content (AvgIpc) is 2.24. The summed E-state index contributed by atoms with van der Waals surface area (Å²) >= 11 is 0. The van der Waals surface area contributed by atoms with Crippen LogP contribution in [0.2, 0.25) is 0 Å². The minimum atomic E-state index is -0.453. The van der Waals surface area contributed by atoms with Gasteiger partial charge in [-0.3, -0.25) is 4.79 Å². The first kappa shape index (κ1) is 15.4. The zero-order valence-electron chi connectivity index (χ0n) is 11.2. The average molecular weight is 229 g/mol. The van der Waals surface area contributed by atoms with Gasteiger partial charge in [0, 0.05) is 6.54 Å².